The molecule has 4 rings (SSSR count). The number of pyridine rings is 1. The number of nitriles is 1. The number of aromatic nitrogens is 4. The summed E-state index contributed by atoms with van der Waals surface area (Å²) in [6.07, 6.45) is 8.30. The lowest BCUT2D eigenvalue weighted by Crippen LogP contribution is -2.26. The highest BCUT2D eigenvalue weighted by atomic mass is 15.3. The van der Waals surface area contributed by atoms with E-state index in [2.05, 4.69) is 27.2 Å². The van der Waals surface area contributed by atoms with Crippen molar-refractivity contribution in [1.29, 1.82) is 5.26 Å². The van der Waals surface area contributed by atoms with Crippen molar-refractivity contribution in [2.45, 2.75) is 12.5 Å². The Bertz CT molecular complexity index is 914. The average molecular weight is 307 g/mol. The highest BCUT2D eigenvalue weighted by molar-refractivity contribution is 5.83. The van der Waals surface area contributed by atoms with E-state index in [4.69, 9.17) is 5.73 Å². The van der Waals surface area contributed by atoms with Crippen LogP contribution in [0, 0.1) is 11.3 Å². The highest BCUT2D eigenvalue weighted by Gasteiger charge is 2.23. The molecule has 7 heteroatoms. The largest absolute Gasteiger partial charge is 0.368 e. The van der Waals surface area contributed by atoms with Crippen LogP contribution in [0.2, 0.25) is 0 Å². The molecule has 1 atom stereocenters. The van der Waals surface area contributed by atoms with Crippen LogP contribution >= 0.6 is 0 Å². The lowest BCUT2D eigenvalue weighted by atomic mass is 10.1. The number of hydrogen-bond donors (Lipinski definition) is 1. The van der Waals surface area contributed by atoms with Crippen LogP contribution in [0.15, 0.2) is 30.9 Å². The quantitative estimate of drug-likeness (QED) is 0.767. The summed E-state index contributed by atoms with van der Waals surface area (Å²) >= 11 is 0. The van der Waals surface area contributed by atoms with Gasteiger partial charge in [0.15, 0.2) is 0 Å². The van der Waals surface area contributed by atoms with E-state index in [9.17, 15) is 5.26 Å². The monoisotopic (exact) mass is 307 g/mol. The maximum Gasteiger partial charge on any atom is 0.107 e. The van der Waals surface area contributed by atoms with Gasteiger partial charge in [0.2, 0.25) is 0 Å². The van der Waals surface area contributed by atoms with Gasteiger partial charge >= 0.3 is 0 Å². The van der Waals surface area contributed by atoms with Crippen molar-refractivity contribution in [3.8, 4) is 17.2 Å². The first-order valence-corrected chi connectivity index (χ1v) is 7.57. The molecule has 23 heavy (non-hydrogen) atoms. The molecule has 2 N–H and O–H groups in total. The van der Waals surface area contributed by atoms with Gasteiger partial charge in [-0.3, -0.25) is 4.68 Å². The fraction of sp³-hybridized carbons (Fsp3) is 0.312. The molecule has 0 spiro atoms. The summed E-state index contributed by atoms with van der Waals surface area (Å²) < 4.78 is 3.55. The van der Waals surface area contributed by atoms with Gasteiger partial charge in [0.25, 0.3) is 0 Å². The maximum atomic E-state index is 9.37. The number of hydrogen-bond acceptors (Lipinski definition) is 5. The predicted molar refractivity (Wildman–Crippen MR) is 86.9 cm³/mol. The molecule has 4 heterocycles. The van der Waals surface area contributed by atoms with Gasteiger partial charge in [-0.05, 0) is 12.5 Å². The van der Waals surface area contributed by atoms with E-state index < -0.39 is 0 Å². The molecule has 1 fully saturated rings. The van der Waals surface area contributed by atoms with Gasteiger partial charge in [0, 0.05) is 49.7 Å². The Morgan fingerprint density at radius 1 is 1.26 bits per heavy atom. The first kappa shape index (κ1) is 13.8. The van der Waals surface area contributed by atoms with Crippen molar-refractivity contribution >= 4 is 11.2 Å². The molecule has 1 aliphatic heterocycles. The fourth-order valence-corrected chi connectivity index (χ4v) is 3.16. The Balaban J connectivity index is 1.93. The topological polar surface area (TPSA) is 88.2 Å². The molecule has 0 bridgehead atoms. The second kappa shape index (κ2) is 5.11. The first-order valence-electron chi connectivity index (χ1n) is 7.57. The minimum absolute atomic E-state index is 0.172. The minimum atomic E-state index is 0.172. The second-order valence-corrected chi connectivity index (χ2v) is 5.97. The molecular weight excluding hydrogens is 290 g/mol. The highest BCUT2D eigenvalue weighted by Crippen LogP contribution is 2.32. The molecule has 0 amide bonds. The zero-order valence-corrected chi connectivity index (χ0v) is 12.8. The van der Waals surface area contributed by atoms with Crippen molar-refractivity contribution < 1.29 is 0 Å². The van der Waals surface area contributed by atoms with E-state index in [1.165, 1.54) is 0 Å². The molecule has 116 valence electrons. The summed E-state index contributed by atoms with van der Waals surface area (Å²) in [7, 11) is 1.89. The Kier molecular flexibility index (Phi) is 3.06. The summed E-state index contributed by atoms with van der Waals surface area (Å²) in [6, 6.07) is 4.51. The van der Waals surface area contributed by atoms with Crippen molar-refractivity contribution in [2.75, 3.05) is 18.0 Å². The van der Waals surface area contributed by atoms with Gasteiger partial charge in [-0.2, -0.15) is 15.5 Å². The predicted octanol–water partition coefficient (Wildman–Crippen LogP) is 1.14. The number of nitrogens with zero attached hydrogens (tertiary/aromatic N) is 6. The normalized spacial score (nSPS) is 17.8. The van der Waals surface area contributed by atoms with E-state index >= 15 is 0 Å². The zero-order valence-electron chi connectivity index (χ0n) is 12.8. The number of nitrogens with two attached hydrogens (primary N) is 1. The van der Waals surface area contributed by atoms with Crippen molar-refractivity contribution in [3.63, 3.8) is 0 Å². The van der Waals surface area contributed by atoms with Gasteiger partial charge < -0.3 is 10.6 Å². The molecule has 0 aromatic carbocycles. The van der Waals surface area contributed by atoms with Crippen LogP contribution in [-0.2, 0) is 7.05 Å². The van der Waals surface area contributed by atoms with Crippen LogP contribution in [0.4, 0.5) is 5.69 Å². The number of rotatable bonds is 2. The van der Waals surface area contributed by atoms with E-state index in [-0.39, 0.29) is 6.04 Å². The molecular formula is C16H17N7. The zero-order chi connectivity index (χ0) is 16.0. The third-order valence-corrected chi connectivity index (χ3v) is 4.32. The van der Waals surface area contributed by atoms with Crippen LogP contribution < -0.4 is 10.6 Å². The Morgan fingerprint density at radius 2 is 2.13 bits per heavy atom. The molecule has 1 aliphatic rings. The van der Waals surface area contributed by atoms with Crippen LogP contribution in [0.25, 0.3) is 16.6 Å². The van der Waals surface area contributed by atoms with Crippen molar-refractivity contribution in [3.05, 3.63) is 36.4 Å². The van der Waals surface area contributed by atoms with Crippen LogP contribution in [-0.4, -0.2) is 38.5 Å². The molecule has 3 aromatic heterocycles. The van der Waals surface area contributed by atoms with Gasteiger partial charge in [0.05, 0.1) is 23.6 Å². The van der Waals surface area contributed by atoms with Gasteiger partial charge in [-0.1, -0.05) is 0 Å². The molecule has 7 nitrogen and oxygen atoms in total. The van der Waals surface area contributed by atoms with Gasteiger partial charge in [-0.15, -0.1) is 0 Å². The van der Waals surface area contributed by atoms with Crippen molar-refractivity contribution in [1.82, 2.24) is 19.4 Å². The number of anilines is 1. The van der Waals surface area contributed by atoms with E-state index in [0.717, 1.165) is 41.8 Å². The fourth-order valence-electron chi connectivity index (χ4n) is 3.16. The maximum absolute atomic E-state index is 9.37. The molecule has 1 unspecified atom stereocenters. The second-order valence-electron chi connectivity index (χ2n) is 5.97. The lowest BCUT2D eigenvalue weighted by Gasteiger charge is -2.20. The van der Waals surface area contributed by atoms with E-state index in [0.29, 0.717) is 5.56 Å². The van der Waals surface area contributed by atoms with Gasteiger partial charge in [0.1, 0.15) is 11.6 Å². The summed E-state index contributed by atoms with van der Waals surface area (Å²) in [6.45, 7) is 1.69. The molecule has 1 saturated heterocycles. The van der Waals surface area contributed by atoms with Crippen LogP contribution in [0.1, 0.15) is 12.0 Å². The first-order chi connectivity index (χ1) is 11.2. The molecule has 0 saturated carbocycles. The summed E-state index contributed by atoms with van der Waals surface area (Å²) in [4.78, 5) is 2.24. The summed E-state index contributed by atoms with van der Waals surface area (Å²) in [5.41, 5.74) is 10.5. The average Bonchev–Trinajstić information content (AvgIpc) is 3.25. The molecule has 0 aliphatic carbocycles. The molecule has 0 radical (unpaired) electrons. The van der Waals surface area contributed by atoms with Crippen LogP contribution in [0.5, 0.6) is 0 Å². The third kappa shape index (κ3) is 2.24. The summed E-state index contributed by atoms with van der Waals surface area (Å²) in [5, 5.41) is 18.0. The van der Waals surface area contributed by atoms with Gasteiger partial charge in [-0.25, -0.2) is 4.52 Å². The minimum Gasteiger partial charge on any atom is -0.368 e. The van der Waals surface area contributed by atoms with E-state index in [1.807, 2.05) is 25.6 Å². The lowest BCUT2D eigenvalue weighted by molar-refractivity contribution is 0.752. The van der Waals surface area contributed by atoms with Crippen molar-refractivity contribution in [2.24, 2.45) is 12.8 Å². The number of fused-ring (bicyclic) bond motifs is 1. The van der Waals surface area contributed by atoms with E-state index in [1.54, 1.807) is 15.4 Å². The Hall–Kier alpha value is -2.85. The SMILES string of the molecule is Cn1cc(-c2cc(N3CCC(N)C3)c3c(C#N)cnn3c2)cn1. The number of aryl methyl sites for hydroxylation is 1. The van der Waals surface area contributed by atoms with Crippen LogP contribution in [0.3, 0.4) is 0 Å². The standard InChI is InChI=1S/C16H17N7/c1-21-8-13(7-19-21)11-4-15(22-3-2-14(18)10-22)16-12(5-17)6-20-23(16)9-11/h4,6-9,14H,2-3,10,18H2,1H3. The Morgan fingerprint density at radius 3 is 2.78 bits per heavy atom. The Labute approximate surface area is 133 Å². The molecule has 3 aromatic rings. The smallest absolute Gasteiger partial charge is 0.107 e. The summed E-state index contributed by atoms with van der Waals surface area (Å²) in [5.74, 6) is 0. The third-order valence-electron chi connectivity index (χ3n) is 4.32.